The van der Waals surface area contributed by atoms with Crippen molar-refractivity contribution in [2.45, 2.75) is 19.4 Å². The summed E-state index contributed by atoms with van der Waals surface area (Å²) in [6, 6.07) is 6.89. The molecule has 0 spiro atoms. The van der Waals surface area contributed by atoms with Gasteiger partial charge in [-0.1, -0.05) is 29.3 Å². The molecule has 1 unspecified atom stereocenters. The topological polar surface area (TPSA) is 84.0 Å². The fourth-order valence-electron chi connectivity index (χ4n) is 2.53. The summed E-state index contributed by atoms with van der Waals surface area (Å²) in [7, 11) is -2.96. The number of aromatic nitrogens is 2. The molecule has 1 aromatic heterocycles. The molecular formula is C15H16Cl2N4O2S. The Morgan fingerprint density at radius 3 is 2.75 bits per heavy atom. The molecule has 2 N–H and O–H groups in total. The van der Waals surface area contributed by atoms with Crippen molar-refractivity contribution >= 4 is 50.5 Å². The fourth-order valence-corrected chi connectivity index (χ4v) is 4.55. The van der Waals surface area contributed by atoms with Gasteiger partial charge in [0.2, 0.25) is 5.95 Å². The maximum Gasteiger partial charge on any atom is 0.225 e. The van der Waals surface area contributed by atoms with Crippen LogP contribution < -0.4 is 10.6 Å². The number of aryl methyl sites for hydroxylation is 1. The highest BCUT2D eigenvalue weighted by Crippen LogP contribution is 2.31. The lowest BCUT2D eigenvalue weighted by molar-refractivity contribution is 0.602. The summed E-state index contributed by atoms with van der Waals surface area (Å²) in [6.45, 7) is 1.84. The van der Waals surface area contributed by atoms with E-state index in [1.807, 2.05) is 6.92 Å². The molecule has 0 bridgehead atoms. The monoisotopic (exact) mass is 386 g/mol. The van der Waals surface area contributed by atoms with Gasteiger partial charge < -0.3 is 10.6 Å². The minimum Gasteiger partial charge on any atom is -0.350 e. The third kappa shape index (κ3) is 4.09. The second-order valence-electron chi connectivity index (χ2n) is 5.69. The van der Waals surface area contributed by atoms with E-state index >= 15 is 0 Å². The van der Waals surface area contributed by atoms with Crippen molar-refractivity contribution < 1.29 is 8.42 Å². The summed E-state index contributed by atoms with van der Waals surface area (Å²) in [5.41, 5.74) is 1.38. The lowest BCUT2D eigenvalue weighted by Gasteiger charge is -2.14. The first-order valence-corrected chi connectivity index (χ1v) is 9.94. The second kappa shape index (κ2) is 6.74. The molecule has 0 amide bonds. The Morgan fingerprint density at radius 2 is 2.04 bits per heavy atom. The van der Waals surface area contributed by atoms with E-state index in [0.717, 1.165) is 5.69 Å². The Balaban J connectivity index is 1.80. The highest BCUT2D eigenvalue weighted by Gasteiger charge is 2.28. The number of hydrogen-bond acceptors (Lipinski definition) is 6. The van der Waals surface area contributed by atoms with Gasteiger partial charge in [-0.05, 0) is 25.5 Å². The average molecular weight is 387 g/mol. The molecule has 1 fully saturated rings. The number of rotatable bonds is 4. The van der Waals surface area contributed by atoms with Gasteiger partial charge in [0.05, 0.1) is 27.2 Å². The molecule has 1 aliphatic rings. The van der Waals surface area contributed by atoms with E-state index in [0.29, 0.717) is 33.9 Å². The number of benzene rings is 1. The maximum atomic E-state index is 11.6. The summed E-state index contributed by atoms with van der Waals surface area (Å²) in [4.78, 5) is 8.69. The van der Waals surface area contributed by atoms with Gasteiger partial charge in [-0.15, -0.1) is 0 Å². The normalized spacial score (nSPS) is 19.2. The third-order valence-corrected chi connectivity index (χ3v) is 6.22. The molecule has 0 radical (unpaired) electrons. The van der Waals surface area contributed by atoms with Crippen LogP contribution in [0.5, 0.6) is 0 Å². The number of nitrogens with zero attached hydrogens (tertiary/aromatic N) is 2. The van der Waals surface area contributed by atoms with E-state index in [1.165, 1.54) is 0 Å². The van der Waals surface area contributed by atoms with Crippen LogP contribution in [0.2, 0.25) is 10.0 Å². The molecule has 2 aromatic rings. The molecular weight excluding hydrogens is 371 g/mol. The van der Waals surface area contributed by atoms with E-state index in [2.05, 4.69) is 20.6 Å². The largest absolute Gasteiger partial charge is 0.350 e. The molecule has 0 aliphatic carbocycles. The number of nitrogens with one attached hydrogen (secondary N) is 2. The first kappa shape index (κ1) is 17.3. The molecule has 2 heterocycles. The van der Waals surface area contributed by atoms with Gasteiger partial charge in [0.15, 0.2) is 9.84 Å². The lowest BCUT2D eigenvalue weighted by Crippen LogP contribution is -2.22. The molecule has 1 aromatic carbocycles. The summed E-state index contributed by atoms with van der Waals surface area (Å²) in [5.74, 6) is 1.24. The van der Waals surface area contributed by atoms with Gasteiger partial charge in [0.1, 0.15) is 5.82 Å². The van der Waals surface area contributed by atoms with Crippen LogP contribution in [0.15, 0.2) is 24.3 Å². The molecule has 3 rings (SSSR count). The van der Waals surface area contributed by atoms with Gasteiger partial charge in [-0.3, -0.25) is 0 Å². The van der Waals surface area contributed by atoms with Crippen LogP contribution in [0, 0.1) is 6.92 Å². The SMILES string of the molecule is Cc1cc(Nc2cccc(Cl)c2Cl)nc(NC2CCS(=O)(=O)C2)n1. The van der Waals surface area contributed by atoms with Crippen molar-refractivity contribution in [3.05, 3.63) is 40.0 Å². The Labute approximate surface area is 150 Å². The fraction of sp³-hybridized carbons (Fsp3) is 0.333. The number of halogens is 2. The first-order chi connectivity index (χ1) is 11.3. The molecule has 1 aliphatic heterocycles. The van der Waals surface area contributed by atoms with Gasteiger partial charge in [-0.2, -0.15) is 4.98 Å². The number of anilines is 3. The van der Waals surface area contributed by atoms with E-state index in [-0.39, 0.29) is 17.5 Å². The van der Waals surface area contributed by atoms with E-state index < -0.39 is 9.84 Å². The predicted molar refractivity (Wildman–Crippen MR) is 97.2 cm³/mol. The van der Waals surface area contributed by atoms with Crippen LogP contribution in [0.3, 0.4) is 0 Å². The Morgan fingerprint density at radius 1 is 1.25 bits per heavy atom. The summed E-state index contributed by atoms with van der Waals surface area (Å²) in [6.07, 6.45) is 0.558. The van der Waals surface area contributed by atoms with E-state index in [1.54, 1.807) is 24.3 Å². The standard InChI is InChI=1S/C15H16Cl2N4O2S/c1-9-7-13(20-12-4-2-3-11(16)14(12)17)21-15(18-9)19-10-5-6-24(22,23)8-10/h2-4,7,10H,5-6,8H2,1H3,(H2,18,19,20,21). The summed E-state index contributed by atoms with van der Waals surface area (Å²) >= 11 is 12.2. The van der Waals surface area contributed by atoms with Crippen LogP contribution in [0.25, 0.3) is 0 Å². The van der Waals surface area contributed by atoms with Crippen molar-refractivity contribution in [2.75, 3.05) is 22.1 Å². The third-order valence-electron chi connectivity index (χ3n) is 3.63. The highest BCUT2D eigenvalue weighted by molar-refractivity contribution is 7.91. The van der Waals surface area contributed by atoms with Gasteiger partial charge >= 0.3 is 0 Å². The van der Waals surface area contributed by atoms with Crippen molar-refractivity contribution in [3.8, 4) is 0 Å². The van der Waals surface area contributed by atoms with E-state index in [9.17, 15) is 8.42 Å². The predicted octanol–water partition coefficient (Wildman–Crippen LogP) is 3.43. The maximum absolute atomic E-state index is 11.6. The van der Waals surface area contributed by atoms with Crippen LogP contribution in [0.4, 0.5) is 17.5 Å². The molecule has 24 heavy (non-hydrogen) atoms. The Bertz CT molecular complexity index is 874. The molecule has 128 valence electrons. The zero-order chi connectivity index (χ0) is 17.3. The van der Waals surface area contributed by atoms with Crippen LogP contribution >= 0.6 is 23.2 Å². The van der Waals surface area contributed by atoms with Crippen molar-refractivity contribution in [1.29, 1.82) is 0 Å². The zero-order valence-electron chi connectivity index (χ0n) is 12.9. The first-order valence-electron chi connectivity index (χ1n) is 7.36. The van der Waals surface area contributed by atoms with Crippen LogP contribution in [-0.2, 0) is 9.84 Å². The number of sulfone groups is 1. The Kier molecular flexibility index (Phi) is 4.85. The zero-order valence-corrected chi connectivity index (χ0v) is 15.2. The molecule has 0 saturated carbocycles. The molecule has 9 heteroatoms. The van der Waals surface area contributed by atoms with Crippen molar-refractivity contribution in [3.63, 3.8) is 0 Å². The van der Waals surface area contributed by atoms with Gasteiger partial charge in [0, 0.05) is 17.8 Å². The molecule has 1 saturated heterocycles. The highest BCUT2D eigenvalue weighted by atomic mass is 35.5. The second-order valence-corrected chi connectivity index (χ2v) is 8.70. The minimum atomic E-state index is -2.96. The van der Waals surface area contributed by atoms with Gasteiger partial charge in [-0.25, -0.2) is 13.4 Å². The molecule has 1 atom stereocenters. The summed E-state index contributed by atoms with van der Waals surface area (Å²) in [5, 5.41) is 7.05. The van der Waals surface area contributed by atoms with Crippen molar-refractivity contribution in [2.24, 2.45) is 0 Å². The van der Waals surface area contributed by atoms with Gasteiger partial charge in [0.25, 0.3) is 0 Å². The smallest absolute Gasteiger partial charge is 0.225 e. The van der Waals surface area contributed by atoms with E-state index in [4.69, 9.17) is 23.2 Å². The quantitative estimate of drug-likeness (QED) is 0.836. The molecule has 6 nitrogen and oxygen atoms in total. The van der Waals surface area contributed by atoms with Crippen LogP contribution in [0.1, 0.15) is 12.1 Å². The van der Waals surface area contributed by atoms with Crippen LogP contribution in [-0.4, -0.2) is 35.9 Å². The van der Waals surface area contributed by atoms with Crippen molar-refractivity contribution in [1.82, 2.24) is 9.97 Å². The Hall–Kier alpha value is -1.57. The average Bonchev–Trinajstić information content (AvgIpc) is 2.82. The lowest BCUT2D eigenvalue weighted by atomic mass is 10.3. The minimum absolute atomic E-state index is 0.104. The number of hydrogen-bond donors (Lipinski definition) is 2. The summed E-state index contributed by atoms with van der Waals surface area (Å²) < 4.78 is 23.1.